The van der Waals surface area contributed by atoms with Crippen LogP contribution in [0.25, 0.3) is 0 Å². The Bertz CT molecular complexity index is 415. The second-order valence-corrected chi connectivity index (χ2v) is 5.73. The quantitative estimate of drug-likeness (QED) is 0.867. The molecular weight excluding hydrogens is 254 g/mol. The summed E-state index contributed by atoms with van der Waals surface area (Å²) in [7, 11) is 1.95. The van der Waals surface area contributed by atoms with Crippen molar-refractivity contribution >= 4 is 0 Å². The molecule has 0 radical (unpaired) electrons. The maximum atomic E-state index is 5.54. The number of hydrogen-bond acceptors (Lipinski definition) is 5. The van der Waals surface area contributed by atoms with Gasteiger partial charge in [0.1, 0.15) is 5.76 Å². The van der Waals surface area contributed by atoms with Gasteiger partial charge in [0, 0.05) is 44.3 Å². The topological polar surface area (TPSA) is 40.9 Å². The molecule has 2 saturated heterocycles. The van der Waals surface area contributed by atoms with Gasteiger partial charge in [-0.3, -0.25) is 9.80 Å². The number of ether oxygens (including phenoxy) is 1. The number of nitrogens with zero attached hydrogens (tertiary/aromatic N) is 2. The minimum atomic E-state index is 0.707. The van der Waals surface area contributed by atoms with Gasteiger partial charge in [0.25, 0.3) is 0 Å². The van der Waals surface area contributed by atoms with E-state index in [1.54, 1.807) is 6.26 Å². The van der Waals surface area contributed by atoms with Gasteiger partial charge in [0.05, 0.1) is 26.0 Å². The third kappa shape index (κ3) is 3.23. The molecule has 2 aliphatic heterocycles. The highest BCUT2D eigenvalue weighted by atomic mass is 16.5. The summed E-state index contributed by atoms with van der Waals surface area (Å²) in [5.74, 6) is 1.07. The van der Waals surface area contributed by atoms with Crippen LogP contribution in [0.15, 0.2) is 16.7 Å². The van der Waals surface area contributed by atoms with Crippen LogP contribution in [-0.4, -0.2) is 62.3 Å². The Balaban J connectivity index is 1.53. The molecule has 1 unspecified atom stereocenters. The van der Waals surface area contributed by atoms with E-state index in [2.05, 4.69) is 21.2 Å². The smallest absolute Gasteiger partial charge is 0.122 e. The number of morpholine rings is 1. The van der Waals surface area contributed by atoms with Crippen molar-refractivity contribution in [1.29, 1.82) is 0 Å². The van der Waals surface area contributed by atoms with Crippen LogP contribution in [0, 0.1) is 0 Å². The fourth-order valence-electron chi connectivity index (χ4n) is 3.26. The van der Waals surface area contributed by atoms with Gasteiger partial charge in [-0.05, 0) is 19.5 Å². The van der Waals surface area contributed by atoms with Crippen molar-refractivity contribution in [2.45, 2.75) is 25.6 Å². The van der Waals surface area contributed by atoms with E-state index in [1.807, 2.05) is 7.05 Å². The molecule has 5 heteroatoms. The summed E-state index contributed by atoms with van der Waals surface area (Å²) in [6.45, 7) is 8.15. The van der Waals surface area contributed by atoms with Crippen molar-refractivity contribution in [2.75, 3.05) is 46.4 Å². The molecule has 2 aliphatic rings. The van der Waals surface area contributed by atoms with Gasteiger partial charge in [-0.2, -0.15) is 0 Å². The Kier molecular flexibility index (Phi) is 4.73. The summed E-state index contributed by atoms with van der Waals surface area (Å²) in [6, 6.07) is 2.81. The molecule has 0 aliphatic carbocycles. The molecule has 3 heterocycles. The van der Waals surface area contributed by atoms with Crippen molar-refractivity contribution < 1.29 is 9.15 Å². The number of nitrogens with one attached hydrogen (secondary N) is 1. The molecule has 3 rings (SSSR count). The van der Waals surface area contributed by atoms with Crippen LogP contribution < -0.4 is 5.32 Å². The Labute approximate surface area is 120 Å². The van der Waals surface area contributed by atoms with Gasteiger partial charge in [-0.15, -0.1) is 0 Å². The molecule has 0 aromatic carbocycles. The van der Waals surface area contributed by atoms with Gasteiger partial charge in [0.15, 0.2) is 0 Å². The molecule has 1 aromatic heterocycles. The van der Waals surface area contributed by atoms with Crippen LogP contribution in [0.3, 0.4) is 0 Å². The monoisotopic (exact) mass is 279 g/mol. The van der Waals surface area contributed by atoms with Crippen molar-refractivity contribution in [2.24, 2.45) is 0 Å². The Morgan fingerprint density at radius 1 is 1.30 bits per heavy atom. The Morgan fingerprint density at radius 2 is 2.15 bits per heavy atom. The van der Waals surface area contributed by atoms with E-state index >= 15 is 0 Å². The predicted molar refractivity (Wildman–Crippen MR) is 77.5 cm³/mol. The molecule has 112 valence electrons. The molecule has 1 atom stereocenters. The summed E-state index contributed by atoms with van der Waals surface area (Å²) in [4.78, 5) is 5.14. The van der Waals surface area contributed by atoms with E-state index in [-0.39, 0.29) is 0 Å². The molecule has 0 amide bonds. The number of hydrogen-bond donors (Lipinski definition) is 1. The van der Waals surface area contributed by atoms with Crippen LogP contribution in [0.4, 0.5) is 0 Å². The standard InChI is InChI=1S/C15H25N3O2/c1-16-10-15-13(3-7-20-15)11-17-4-2-14(12-17)18-5-8-19-9-6-18/h3,7,14,16H,2,4-6,8-12H2,1H3. The Morgan fingerprint density at radius 3 is 2.95 bits per heavy atom. The highest BCUT2D eigenvalue weighted by molar-refractivity contribution is 5.17. The van der Waals surface area contributed by atoms with E-state index < -0.39 is 0 Å². The zero-order valence-corrected chi connectivity index (χ0v) is 12.3. The summed E-state index contributed by atoms with van der Waals surface area (Å²) in [5, 5.41) is 3.16. The fraction of sp³-hybridized carbons (Fsp3) is 0.733. The summed E-state index contributed by atoms with van der Waals surface area (Å²) in [6.07, 6.45) is 3.08. The third-order valence-electron chi connectivity index (χ3n) is 4.38. The fourth-order valence-corrected chi connectivity index (χ4v) is 3.26. The maximum absolute atomic E-state index is 5.54. The van der Waals surface area contributed by atoms with Gasteiger partial charge in [-0.1, -0.05) is 0 Å². The van der Waals surface area contributed by atoms with Crippen LogP contribution in [0.1, 0.15) is 17.7 Å². The van der Waals surface area contributed by atoms with Crippen molar-refractivity contribution in [3.63, 3.8) is 0 Å². The molecule has 0 bridgehead atoms. The normalized spacial score (nSPS) is 25.4. The highest BCUT2D eigenvalue weighted by Crippen LogP contribution is 2.21. The molecule has 1 aromatic rings. The van der Waals surface area contributed by atoms with Gasteiger partial charge >= 0.3 is 0 Å². The van der Waals surface area contributed by atoms with Crippen LogP contribution in [0.2, 0.25) is 0 Å². The minimum Gasteiger partial charge on any atom is -0.468 e. The lowest BCUT2D eigenvalue weighted by Crippen LogP contribution is -2.44. The zero-order valence-electron chi connectivity index (χ0n) is 12.3. The van der Waals surface area contributed by atoms with Crippen molar-refractivity contribution in [1.82, 2.24) is 15.1 Å². The van der Waals surface area contributed by atoms with Crippen LogP contribution in [-0.2, 0) is 17.8 Å². The number of rotatable bonds is 5. The zero-order chi connectivity index (χ0) is 13.8. The van der Waals surface area contributed by atoms with Gasteiger partial charge in [0.2, 0.25) is 0 Å². The summed E-state index contributed by atoms with van der Waals surface area (Å²) < 4.78 is 11.0. The molecule has 2 fully saturated rings. The van der Waals surface area contributed by atoms with E-state index in [0.717, 1.165) is 45.2 Å². The molecule has 5 nitrogen and oxygen atoms in total. The minimum absolute atomic E-state index is 0.707. The Hall–Kier alpha value is -0.880. The molecular formula is C15H25N3O2. The van der Waals surface area contributed by atoms with Crippen molar-refractivity contribution in [3.05, 3.63) is 23.7 Å². The second-order valence-electron chi connectivity index (χ2n) is 5.73. The largest absolute Gasteiger partial charge is 0.468 e. The third-order valence-corrected chi connectivity index (χ3v) is 4.38. The highest BCUT2D eigenvalue weighted by Gasteiger charge is 2.29. The molecule has 0 saturated carbocycles. The summed E-state index contributed by atoms with van der Waals surface area (Å²) in [5.41, 5.74) is 1.32. The predicted octanol–water partition coefficient (Wildman–Crippen LogP) is 0.906. The number of furan rings is 1. The van der Waals surface area contributed by atoms with E-state index in [1.165, 1.54) is 25.1 Å². The van der Waals surface area contributed by atoms with Gasteiger partial charge < -0.3 is 14.5 Å². The second kappa shape index (κ2) is 6.72. The first-order valence-corrected chi connectivity index (χ1v) is 7.61. The van der Waals surface area contributed by atoms with Crippen molar-refractivity contribution in [3.8, 4) is 0 Å². The van der Waals surface area contributed by atoms with Crippen LogP contribution in [0.5, 0.6) is 0 Å². The lowest BCUT2D eigenvalue weighted by Gasteiger charge is -2.32. The lowest BCUT2D eigenvalue weighted by atomic mass is 10.2. The first-order valence-electron chi connectivity index (χ1n) is 7.61. The van der Waals surface area contributed by atoms with Gasteiger partial charge in [-0.25, -0.2) is 0 Å². The first-order chi connectivity index (χ1) is 9.86. The lowest BCUT2D eigenvalue weighted by molar-refractivity contribution is 0.0183. The van der Waals surface area contributed by atoms with E-state index in [4.69, 9.17) is 9.15 Å². The molecule has 1 N–H and O–H groups in total. The molecule has 20 heavy (non-hydrogen) atoms. The molecule has 0 spiro atoms. The first kappa shape index (κ1) is 14.1. The SMILES string of the molecule is CNCc1occc1CN1CCC(N2CCOCC2)C1. The average Bonchev–Trinajstić information content (AvgIpc) is 3.11. The van der Waals surface area contributed by atoms with E-state index in [0.29, 0.717) is 6.04 Å². The summed E-state index contributed by atoms with van der Waals surface area (Å²) >= 11 is 0. The average molecular weight is 279 g/mol. The van der Waals surface area contributed by atoms with Crippen LogP contribution >= 0.6 is 0 Å². The number of likely N-dealkylation sites (tertiary alicyclic amines) is 1. The maximum Gasteiger partial charge on any atom is 0.122 e. The van der Waals surface area contributed by atoms with E-state index in [9.17, 15) is 0 Å².